The quantitative estimate of drug-likeness (QED) is 0.914. The van der Waals surface area contributed by atoms with Crippen LogP contribution in [0.3, 0.4) is 0 Å². The summed E-state index contributed by atoms with van der Waals surface area (Å²) in [4.78, 5) is 18.3. The zero-order chi connectivity index (χ0) is 15.8. The number of aryl methyl sites for hydroxylation is 1. The van der Waals surface area contributed by atoms with Crippen LogP contribution in [-0.2, 0) is 11.2 Å². The number of benzene rings is 1. The molecule has 4 rings (SSSR count). The van der Waals surface area contributed by atoms with E-state index in [9.17, 15) is 4.79 Å². The summed E-state index contributed by atoms with van der Waals surface area (Å²) in [7, 11) is 0. The van der Waals surface area contributed by atoms with Gasteiger partial charge >= 0.3 is 0 Å². The molecule has 23 heavy (non-hydrogen) atoms. The number of pyridine rings is 1. The monoisotopic (exact) mass is 324 g/mol. The van der Waals surface area contributed by atoms with Crippen LogP contribution in [0.1, 0.15) is 36.8 Å². The number of piperidine rings is 1. The van der Waals surface area contributed by atoms with Gasteiger partial charge in [0.15, 0.2) is 0 Å². The molecule has 2 aromatic rings. The van der Waals surface area contributed by atoms with Crippen LogP contribution in [0.2, 0.25) is 0 Å². The largest absolute Gasteiger partial charge is 0.353 e. The van der Waals surface area contributed by atoms with Crippen LogP contribution in [0.15, 0.2) is 52.5 Å². The SMILES string of the molecule is CC1CC(=O)NC2CCc3cc(Sc4ccncc4)ccc3C12. The maximum Gasteiger partial charge on any atom is 0.220 e. The molecule has 1 N–H and O–H groups in total. The van der Waals surface area contributed by atoms with Gasteiger partial charge in [-0.25, -0.2) is 0 Å². The Balaban J connectivity index is 1.62. The Hall–Kier alpha value is -1.81. The van der Waals surface area contributed by atoms with Crippen molar-refractivity contribution in [2.75, 3.05) is 0 Å². The van der Waals surface area contributed by atoms with Crippen molar-refractivity contribution in [3.05, 3.63) is 53.9 Å². The summed E-state index contributed by atoms with van der Waals surface area (Å²) in [5.41, 5.74) is 2.89. The lowest BCUT2D eigenvalue weighted by Gasteiger charge is -2.41. The second kappa shape index (κ2) is 6.00. The Bertz CT molecular complexity index is 731. The summed E-state index contributed by atoms with van der Waals surface area (Å²) in [6, 6.07) is 11.2. The fraction of sp³-hybridized carbons (Fsp3) is 0.368. The Kier molecular flexibility index (Phi) is 3.85. The van der Waals surface area contributed by atoms with Crippen LogP contribution in [-0.4, -0.2) is 16.9 Å². The van der Waals surface area contributed by atoms with Gasteiger partial charge in [0.2, 0.25) is 5.91 Å². The van der Waals surface area contributed by atoms with E-state index >= 15 is 0 Å². The number of amides is 1. The Morgan fingerprint density at radius 2 is 2.00 bits per heavy atom. The molecule has 0 saturated carbocycles. The van der Waals surface area contributed by atoms with Gasteiger partial charge in [0, 0.05) is 40.6 Å². The van der Waals surface area contributed by atoms with Gasteiger partial charge in [0.25, 0.3) is 0 Å². The highest BCUT2D eigenvalue weighted by Gasteiger charge is 2.38. The molecule has 0 spiro atoms. The smallest absolute Gasteiger partial charge is 0.220 e. The van der Waals surface area contributed by atoms with E-state index in [1.807, 2.05) is 24.5 Å². The highest BCUT2D eigenvalue weighted by Crippen LogP contribution is 2.42. The second-order valence-corrected chi connectivity index (χ2v) is 7.71. The average molecular weight is 324 g/mol. The van der Waals surface area contributed by atoms with E-state index in [1.165, 1.54) is 20.9 Å². The van der Waals surface area contributed by atoms with Crippen molar-refractivity contribution in [2.24, 2.45) is 5.92 Å². The highest BCUT2D eigenvalue weighted by molar-refractivity contribution is 7.99. The molecule has 2 heterocycles. The van der Waals surface area contributed by atoms with E-state index in [4.69, 9.17) is 0 Å². The molecule has 0 bridgehead atoms. The van der Waals surface area contributed by atoms with E-state index in [-0.39, 0.29) is 5.91 Å². The van der Waals surface area contributed by atoms with Crippen molar-refractivity contribution >= 4 is 17.7 Å². The van der Waals surface area contributed by atoms with Gasteiger partial charge in [-0.05, 0) is 54.2 Å². The van der Waals surface area contributed by atoms with E-state index in [0.29, 0.717) is 24.3 Å². The van der Waals surface area contributed by atoms with Crippen molar-refractivity contribution < 1.29 is 4.79 Å². The minimum absolute atomic E-state index is 0.215. The van der Waals surface area contributed by atoms with E-state index in [0.717, 1.165) is 12.8 Å². The molecule has 0 radical (unpaired) electrons. The maximum absolute atomic E-state index is 11.8. The van der Waals surface area contributed by atoms with Crippen molar-refractivity contribution in [1.82, 2.24) is 10.3 Å². The van der Waals surface area contributed by atoms with Crippen LogP contribution >= 0.6 is 11.8 Å². The lowest BCUT2D eigenvalue weighted by atomic mass is 9.70. The normalized spacial score (nSPS) is 26.1. The summed E-state index contributed by atoms with van der Waals surface area (Å²) in [6.07, 6.45) is 6.41. The Labute approximate surface area is 140 Å². The first kappa shape index (κ1) is 14.8. The minimum atomic E-state index is 0.215. The van der Waals surface area contributed by atoms with Crippen molar-refractivity contribution in [1.29, 1.82) is 0 Å². The molecular formula is C19H20N2OS. The van der Waals surface area contributed by atoms with Gasteiger partial charge in [-0.15, -0.1) is 0 Å². The zero-order valence-electron chi connectivity index (χ0n) is 13.2. The molecule has 1 fully saturated rings. The molecule has 1 aromatic heterocycles. The molecule has 3 unspecified atom stereocenters. The first-order valence-corrected chi connectivity index (χ1v) is 9.02. The van der Waals surface area contributed by atoms with Crippen molar-refractivity contribution in [3.8, 4) is 0 Å². The Morgan fingerprint density at radius 1 is 1.17 bits per heavy atom. The molecule has 118 valence electrons. The third-order valence-corrected chi connectivity index (χ3v) is 5.98. The van der Waals surface area contributed by atoms with Gasteiger partial charge in [0.05, 0.1) is 0 Å². The van der Waals surface area contributed by atoms with Gasteiger partial charge in [-0.1, -0.05) is 24.8 Å². The minimum Gasteiger partial charge on any atom is -0.353 e. The molecule has 3 atom stereocenters. The van der Waals surface area contributed by atoms with Crippen LogP contribution in [0.25, 0.3) is 0 Å². The first-order valence-electron chi connectivity index (χ1n) is 8.21. The number of rotatable bonds is 2. The van der Waals surface area contributed by atoms with Crippen LogP contribution in [0.5, 0.6) is 0 Å². The second-order valence-electron chi connectivity index (χ2n) is 6.57. The maximum atomic E-state index is 11.8. The summed E-state index contributed by atoms with van der Waals surface area (Å²) in [5, 5.41) is 3.19. The molecule has 1 aliphatic heterocycles. The number of hydrogen-bond donors (Lipinski definition) is 1. The molecular weight excluding hydrogens is 304 g/mol. The van der Waals surface area contributed by atoms with Gasteiger partial charge < -0.3 is 5.32 Å². The fourth-order valence-electron chi connectivity index (χ4n) is 3.99. The summed E-state index contributed by atoms with van der Waals surface area (Å²) < 4.78 is 0. The number of hydrogen-bond acceptors (Lipinski definition) is 3. The predicted octanol–water partition coefficient (Wildman–Crippen LogP) is 3.79. The first-order chi connectivity index (χ1) is 11.2. The summed E-state index contributed by atoms with van der Waals surface area (Å²) >= 11 is 1.78. The topological polar surface area (TPSA) is 42.0 Å². The Morgan fingerprint density at radius 3 is 2.83 bits per heavy atom. The van der Waals surface area contributed by atoms with Gasteiger partial charge in [-0.2, -0.15) is 0 Å². The predicted molar refractivity (Wildman–Crippen MR) is 91.6 cm³/mol. The van der Waals surface area contributed by atoms with Gasteiger partial charge in [-0.3, -0.25) is 9.78 Å². The van der Waals surface area contributed by atoms with E-state index in [2.05, 4.69) is 35.4 Å². The number of carbonyl (C=O) groups is 1. The van der Waals surface area contributed by atoms with Gasteiger partial charge in [0.1, 0.15) is 0 Å². The molecule has 1 aromatic carbocycles. The third-order valence-electron chi connectivity index (χ3n) is 4.98. The number of aromatic nitrogens is 1. The number of nitrogens with one attached hydrogen (secondary N) is 1. The molecule has 1 amide bonds. The summed E-state index contributed by atoms with van der Waals surface area (Å²) in [6.45, 7) is 2.21. The number of fused-ring (bicyclic) bond motifs is 3. The number of carbonyl (C=O) groups excluding carboxylic acids is 1. The fourth-order valence-corrected chi connectivity index (χ4v) is 4.85. The van der Waals surface area contributed by atoms with Crippen LogP contribution in [0.4, 0.5) is 0 Å². The third kappa shape index (κ3) is 2.88. The molecule has 4 heteroatoms. The standard InChI is InChI=1S/C19H20N2OS/c1-12-10-18(22)21-17-5-2-13-11-15(3-4-16(13)19(12)17)23-14-6-8-20-9-7-14/h3-4,6-9,11-12,17,19H,2,5,10H2,1H3,(H,21,22). The van der Waals surface area contributed by atoms with Crippen molar-refractivity contribution in [3.63, 3.8) is 0 Å². The lowest BCUT2D eigenvalue weighted by molar-refractivity contribution is -0.125. The zero-order valence-corrected chi connectivity index (χ0v) is 14.0. The lowest BCUT2D eigenvalue weighted by Crippen LogP contribution is -2.49. The number of nitrogens with zero attached hydrogens (tertiary/aromatic N) is 1. The van der Waals surface area contributed by atoms with E-state index in [1.54, 1.807) is 11.8 Å². The summed E-state index contributed by atoms with van der Waals surface area (Å²) in [5.74, 6) is 1.11. The van der Waals surface area contributed by atoms with Crippen LogP contribution in [0, 0.1) is 5.92 Å². The molecule has 3 nitrogen and oxygen atoms in total. The van der Waals surface area contributed by atoms with Crippen LogP contribution < -0.4 is 5.32 Å². The molecule has 2 aliphatic rings. The molecule has 1 saturated heterocycles. The molecule has 1 aliphatic carbocycles. The van der Waals surface area contributed by atoms with E-state index < -0.39 is 0 Å². The average Bonchev–Trinajstić information content (AvgIpc) is 2.55. The highest BCUT2D eigenvalue weighted by atomic mass is 32.2. The van der Waals surface area contributed by atoms with Crippen molar-refractivity contribution in [2.45, 2.75) is 47.9 Å².